The van der Waals surface area contributed by atoms with Crippen LogP contribution >= 0.6 is 11.6 Å². The number of para-hydroxylation sites is 1. The predicted molar refractivity (Wildman–Crippen MR) is 120 cm³/mol. The molecule has 4 rings (SSSR count). The number of halogens is 1. The number of amides is 1. The molecular weight excluding hydrogens is 380 g/mol. The zero-order valence-electron chi connectivity index (χ0n) is 16.7. The summed E-state index contributed by atoms with van der Waals surface area (Å²) in [5, 5.41) is 4.99. The number of benzene rings is 2. The summed E-state index contributed by atoms with van der Waals surface area (Å²) in [6.45, 7) is 1.49. The largest absolute Gasteiger partial charge is 0.355 e. The van der Waals surface area contributed by atoms with E-state index in [0.29, 0.717) is 6.42 Å². The van der Waals surface area contributed by atoms with Crippen molar-refractivity contribution in [1.82, 2.24) is 9.88 Å². The van der Waals surface area contributed by atoms with Gasteiger partial charge in [-0.1, -0.05) is 53.6 Å². The number of hydrogen-bond acceptors (Lipinski definition) is 1. The second-order valence-electron chi connectivity index (χ2n) is 7.81. The fourth-order valence-electron chi connectivity index (χ4n) is 4.11. The quantitative estimate of drug-likeness (QED) is 0.487. The highest BCUT2D eigenvalue weighted by Gasteiger charge is 2.12. The van der Waals surface area contributed by atoms with Gasteiger partial charge < -0.3 is 9.88 Å². The molecule has 1 N–H and O–H groups in total. The molecule has 2 aromatic carbocycles. The molecule has 0 radical (unpaired) electrons. The summed E-state index contributed by atoms with van der Waals surface area (Å²) in [4.78, 5) is 12.5. The molecular formula is C25H27ClN2O. The summed E-state index contributed by atoms with van der Waals surface area (Å²) >= 11 is 6.01. The van der Waals surface area contributed by atoms with Gasteiger partial charge in [0.2, 0.25) is 5.91 Å². The standard InChI is InChI=1S/C25H27ClN2O/c26-22-12-10-20(11-13-22)17-28-18-21(23-8-4-5-9-24(23)28)16-25(29)27-15-14-19-6-2-1-3-7-19/h4-6,8-13,18H,1-3,7,14-17H2,(H,27,29). The van der Waals surface area contributed by atoms with Crippen molar-refractivity contribution in [2.24, 2.45) is 0 Å². The number of carbonyl (C=O) groups excluding carboxylic acids is 1. The number of fused-ring (bicyclic) bond motifs is 1. The molecule has 4 heteroatoms. The van der Waals surface area contributed by atoms with Crippen molar-refractivity contribution < 1.29 is 4.79 Å². The van der Waals surface area contributed by atoms with Crippen molar-refractivity contribution in [3.05, 3.63) is 82.5 Å². The van der Waals surface area contributed by atoms with E-state index in [1.54, 1.807) is 0 Å². The molecule has 3 nitrogen and oxygen atoms in total. The first kappa shape index (κ1) is 19.8. The Morgan fingerprint density at radius 1 is 1.07 bits per heavy atom. The van der Waals surface area contributed by atoms with Crippen LogP contribution in [0, 0.1) is 0 Å². The van der Waals surface area contributed by atoms with Crippen molar-refractivity contribution in [2.45, 2.75) is 45.1 Å². The lowest BCUT2D eigenvalue weighted by molar-refractivity contribution is -0.120. The van der Waals surface area contributed by atoms with Crippen LogP contribution in [0.3, 0.4) is 0 Å². The third kappa shape index (κ3) is 5.10. The fourth-order valence-corrected chi connectivity index (χ4v) is 4.24. The molecule has 0 unspecified atom stereocenters. The minimum Gasteiger partial charge on any atom is -0.355 e. The molecule has 0 bridgehead atoms. The predicted octanol–water partition coefficient (Wildman–Crippen LogP) is 5.89. The van der Waals surface area contributed by atoms with Gasteiger partial charge in [0.15, 0.2) is 0 Å². The first-order valence-electron chi connectivity index (χ1n) is 10.4. The summed E-state index contributed by atoms with van der Waals surface area (Å²) in [5.74, 6) is 0.0933. The number of rotatable bonds is 7. The zero-order chi connectivity index (χ0) is 20.1. The SMILES string of the molecule is O=C(Cc1cn(Cc2ccc(Cl)cc2)c2ccccc12)NCCC1=CCCCC1. The number of allylic oxidation sites excluding steroid dienone is 1. The van der Waals surface area contributed by atoms with E-state index in [2.05, 4.69) is 34.3 Å². The molecule has 150 valence electrons. The molecule has 1 aliphatic rings. The highest BCUT2D eigenvalue weighted by molar-refractivity contribution is 6.30. The topological polar surface area (TPSA) is 34.0 Å². The Hall–Kier alpha value is -2.52. The third-order valence-corrected chi connectivity index (χ3v) is 5.89. The number of hydrogen-bond donors (Lipinski definition) is 1. The van der Waals surface area contributed by atoms with Crippen LogP contribution in [0.25, 0.3) is 10.9 Å². The lowest BCUT2D eigenvalue weighted by Gasteiger charge is -2.12. The van der Waals surface area contributed by atoms with Crippen LogP contribution in [-0.4, -0.2) is 17.0 Å². The summed E-state index contributed by atoms with van der Waals surface area (Å²) in [6, 6.07) is 16.2. The van der Waals surface area contributed by atoms with Crippen LogP contribution in [0.5, 0.6) is 0 Å². The number of aromatic nitrogens is 1. The summed E-state index contributed by atoms with van der Waals surface area (Å²) in [6.07, 6.45) is 10.8. The van der Waals surface area contributed by atoms with Crippen molar-refractivity contribution >= 4 is 28.4 Å². The molecule has 1 amide bonds. The lowest BCUT2D eigenvalue weighted by atomic mass is 9.97. The van der Waals surface area contributed by atoms with Gasteiger partial charge in [-0.2, -0.15) is 0 Å². The van der Waals surface area contributed by atoms with E-state index in [-0.39, 0.29) is 5.91 Å². The van der Waals surface area contributed by atoms with Gasteiger partial charge in [0.05, 0.1) is 6.42 Å². The summed E-state index contributed by atoms with van der Waals surface area (Å²) in [7, 11) is 0. The van der Waals surface area contributed by atoms with Gasteiger partial charge in [0.25, 0.3) is 0 Å². The number of nitrogens with one attached hydrogen (secondary N) is 1. The molecule has 1 heterocycles. The fraction of sp³-hybridized carbons (Fsp3) is 0.320. The highest BCUT2D eigenvalue weighted by Crippen LogP contribution is 2.24. The van der Waals surface area contributed by atoms with E-state index < -0.39 is 0 Å². The Kier molecular flexibility index (Phi) is 6.36. The van der Waals surface area contributed by atoms with E-state index >= 15 is 0 Å². The molecule has 1 aliphatic carbocycles. The van der Waals surface area contributed by atoms with Crippen molar-refractivity contribution in [3.63, 3.8) is 0 Å². The molecule has 1 aromatic heterocycles. The number of nitrogens with zero attached hydrogens (tertiary/aromatic N) is 1. The average molecular weight is 407 g/mol. The molecule has 0 saturated heterocycles. The van der Waals surface area contributed by atoms with E-state index in [1.165, 1.54) is 36.8 Å². The van der Waals surface area contributed by atoms with Crippen LogP contribution in [-0.2, 0) is 17.8 Å². The second-order valence-corrected chi connectivity index (χ2v) is 8.25. The van der Waals surface area contributed by atoms with Crippen molar-refractivity contribution in [2.75, 3.05) is 6.54 Å². The lowest BCUT2D eigenvalue weighted by Crippen LogP contribution is -2.26. The maximum absolute atomic E-state index is 12.5. The van der Waals surface area contributed by atoms with Crippen molar-refractivity contribution in [3.8, 4) is 0 Å². The first-order chi connectivity index (χ1) is 14.2. The van der Waals surface area contributed by atoms with E-state index in [0.717, 1.165) is 41.0 Å². The molecule has 0 atom stereocenters. The third-order valence-electron chi connectivity index (χ3n) is 5.64. The summed E-state index contributed by atoms with van der Waals surface area (Å²) in [5.41, 5.74) is 4.91. The Morgan fingerprint density at radius 3 is 2.69 bits per heavy atom. The molecule has 0 saturated carbocycles. The van der Waals surface area contributed by atoms with Crippen molar-refractivity contribution in [1.29, 1.82) is 0 Å². The van der Waals surface area contributed by atoms with E-state index in [9.17, 15) is 4.79 Å². The second kappa shape index (κ2) is 9.32. The minimum atomic E-state index is 0.0933. The van der Waals surface area contributed by atoms with Gasteiger partial charge in [-0.05, 0) is 61.4 Å². The molecule has 3 aromatic rings. The normalized spacial score (nSPS) is 14.0. The maximum Gasteiger partial charge on any atom is 0.224 e. The zero-order valence-corrected chi connectivity index (χ0v) is 17.4. The Labute approximate surface area is 177 Å². The Morgan fingerprint density at radius 2 is 1.90 bits per heavy atom. The Balaban J connectivity index is 1.43. The molecule has 0 spiro atoms. The van der Waals surface area contributed by atoms with Gasteiger partial charge >= 0.3 is 0 Å². The average Bonchev–Trinajstić information content (AvgIpc) is 3.08. The Bertz CT molecular complexity index is 1020. The smallest absolute Gasteiger partial charge is 0.224 e. The molecule has 29 heavy (non-hydrogen) atoms. The van der Waals surface area contributed by atoms with Crippen LogP contribution < -0.4 is 5.32 Å². The number of carbonyl (C=O) groups is 1. The molecule has 0 fully saturated rings. The van der Waals surface area contributed by atoms with E-state index in [4.69, 9.17) is 11.6 Å². The monoisotopic (exact) mass is 406 g/mol. The van der Waals surface area contributed by atoms with Gasteiger partial charge in [-0.15, -0.1) is 0 Å². The molecule has 0 aliphatic heterocycles. The van der Waals surface area contributed by atoms with Gasteiger partial charge in [0.1, 0.15) is 0 Å². The van der Waals surface area contributed by atoms with Crippen LogP contribution in [0.4, 0.5) is 0 Å². The maximum atomic E-state index is 12.5. The first-order valence-corrected chi connectivity index (χ1v) is 10.8. The van der Waals surface area contributed by atoms with Gasteiger partial charge in [-0.3, -0.25) is 4.79 Å². The van der Waals surface area contributed by atoms with Crippen LogP contribution in [0.1, 0.15) is 43.2 Å². The van der Waals surface area contributed by atoms with Gasteiger partial charge in [0, 0.05) is 35.2 Å². The van der Waals surface area contributed by atoms with Crippen LogP contribution in [0.15, 0.2) is 66.4 Å². The van der Waals surface area contributed by atoms with Crippen LogP contribution in [0.2, 0.25) is 5.02 Å². The van der Waals surface area contributed by atoms with E-state index in [1.807, 2.05) is 36.4 Å². The minimum absolute atomic E-state index is 0.0933. The van der Waals surface area contributed by atoms with Gasteiger partial charge in [-0.25, -0.2) is 0 Å². The summed E-state index contributed by atoms with van der Waals surface area (Å²) < 4.78 is 2.22. The highest BCUT2D eigenvalue weighted by atomic mass is 35.5.